The Balaban J connectivity index is 2.31. The normalized spacial score (nSPS) is 26.5. The topological polar surface area (TPSA) is 43.4 Å². The summed E-state index contributed by atoms with van der Waals surface area (Å²) in [6, 6.07) is 5.84. The summed E-state index contributed by atoms with van der Waals surface area (Å²) in [5.41, 5.74) is -4.18. The van der Waals surface area contributed by atoms with Gasteiger partial charge in [0.1, 0.15) is 0 Å². The Bertz CT molecular complexity index is 835. The molecule has 0 aromatic heterocycles. The average molecular weight is 348 g/mol. The number of allylic oxidation sites excluding steroid dienone is 4. The molecule has 3 rings (SSSR count). The van der Waals surface area contributed by atoms with Crippen molar-refractivity contribution in [3.63, 3.8) is 0 Å². The van der Waals surface area contributed by atoms with Gasteiger partial charge in [0.15, 0.2) is 0 Å². The van der Waals surface area contributed by atoms with Crippen molar-refractivity contribution >= 4 is 26.5 Å². The number of hydrogen-bond acceptors (Lipinski definition) is 3. The van der Waals surface area contributed by atoms with E-state index in [4.69, 9.17) is 3.63 Å². The minimum absolute atomic E-state index is 0.130. The third-order valence-electron chi connectivity index (χ3n) is 3.21. The Morgan fingerprint density at radius 2 is 1.82 bits per heavy atom. The second kappa shape index (κ2) is 4.74. The maximum absolute atomic E-state index is 14.0. The zero-order valence-electron chi connectivity index (χ0n) is 11.3. The molecule has 0 fully saturated rings. The number of alkyl halides is 3. The van der Waals surface area contributed by atoms with Gasteiger partial charge in [-0.15, -0.1) is 0 Å². The first-order chi connectivity index (χ1) is 10.2. The number of benzene rings is 1. The van der Waals surface area contributed by atoms with Crippen LogP contribution in [0.25, 0.3) is 6.08 Å². The van der Waals surface area contributed by atoms with Crippen LogP contribution in [-0.4, -0.2) is 20.2 Å². The predicted molar refractivity (Wildman–Crippen MR) is 79.5 cm³/mol. The van der Waals surface area contributed by atoms with Gasteiger partial charge in [0.05, 0.1) is 6.26 Å². The number of fused-ring (bicyclic) bond motifs is 1. The number of rotatable bonds is 3. The van der Waals surface area contributed by atoms with E-state index in [-0.39, 0.29) is 9.80 Å². The van der Waals surface area contributed by atoms with Crippen LogP contribution in [0.5, 0.6) is 0 Å². The predicted octanol–water partition coefficient (Wildman–Crippen LogP) is 4.11. The highest BCUT2D eigenvalue weighted by molar-refractivity contribution is 8.37. The molecule has 1 heterocycles. The maximum atomic E-state index is 14.0. The fourth-order valence-electron chi connectivity index (χ4n) is 2.36. The smallest absolute Gasteiger partial charge is 0.203 e. The van der Waals surface area contributed by atoms with E-state index >= 15 is 0 Å². The molecule has 3 nitrogen and oxygen atoms in total. The van der Waals surface area contributed by atoms with Crippen LogP contribution in [0.4, 0.5) is 13.2 Å². The average Bonchev–Trinajstić information content (AvgIpc) is 2.61. The van der Waals surface area contributed by atoms with Crippen molar-refractivity contribution in [1.29, 1.82) is 0 Å². The lowest BCUT2D eigenvalue weighted by Gasteiger charge is -2.39. The fraction of sp³-hybridized carbons (Fsp3) is 0.143. The summed E-state index contributed by atoms with van der Waals surface area (Å²) < 4.78 is 69.7. The third-order valence-corrected chi connectivity index (χ3v) is 7.63. The van der Waals surface area contributed by atoms with Gasteiger partial charge < -0.3 is 0 Å². The molecule has 1 atom stereocenters. The Kier molecular flexibility index (Phi) is 3.32. The van der Waals surface area contributed by atoms with E-state index in [0.717, 1.165) is 0 Å². The summed E-state index contributed by atoms with van der Waals surface area (Å²) in [5.74, 6) is 0. The molecule has 8 heteroatoms. The van der Waals surface area contributed by atoms with E-state index < -0.39 is 25.9 Å². The van der Waals surface area contributed by atoms with Crippen LogP contribution >= 0.6 is 10.3 Å². The molecule has 0 bridgehead atoms. The fourth-order valence-corrected chi connectivity index (χ4v) is 6.96. The van der Waals surface area contributed by atoms with Crippen LogP contribution in [0.15, 0.2) is 57.9 Å². The molecule has 1 aliphatic heterocycles. The Morgan fingerprint density at radius 1 is 1.18 bits per heavy atom. The summed E-state index contributed by atoms with van der Waals surface area (Å²) in [6.07, 6.45) is 6.61. The minimum Gasteiger partial charge on any atom is -0.203 e. The van der Waals surface area contributed by atoms with Crippen molar-refractivity contribution in [2.75, 3.05) is 6.26 Å². The zero-order chi connectivity index (χ0) is 16.2. The largest absolute Gasteiger partial charge is 0.456 e. The maximum Gasteiger partial charge on any atom is 0.456 e. The van der Waals surface area contributed by atoms with Crippen LogP contribution in [0, 0.1) is 0 Å². The standard InChI is InChI=1S/C14H11F3O3S2/c1-21(18,19)20-22(14(15,16)17)12-8-3-2-5-11(12)9-13(22)10-6-4-7-10/h2-9H,1H3. The SMILES string of the molecule is CS(=O)(=O)OS1(C(F)(F)F)C(C2=CC=C2)=Cc2ccccc21. The Hall–Kier alpha value is -1.51. The van der Waals surface area contributed by atoms with Gasteiger partial charge in [0, 0.05) is 20.1 Å². The van der Waals surface area contributed by atoms with Gasteiger partial charge >= 0.3 is 5.51 Å². The second-order valence-corrected chi connectivity index (χ2v) is 9.21. The van der Waals surface area contributed by atoms with E-state index in [9.17, 15) is 21.6 Å². The molecule has 2 aliphatic rings. The first-order valence-electron chi connectivity index (χ1n) is 6.15. The van der Waals surface area contributed by atoms with Crippen LogP contribution in [0.3, 0.4) is 0 Å². The van der Waals surface area contributed by atoms with E-state index in [1.165, 1.54) is 36.4 Å². The highest BCUT2D eigenvalue weighted by Gasteiger charge is 2.60. The van der Waals surface area contributed by atoms with Gasteiger partial charge in [0.25, 0.3) is 10.1 Å². The molecule has 0 saturated heterocycles. The zero-order valence-corrected chi connectivity index (χ0v) is 12.9. The van der Waals surface area contributed by atoms with Gasteiger partial charge in [-0.1, -0.05) is 36.4 Å². The minimum atomic E-state index is -4.85. The first kappa shape index (κ1) is 15.4. The highest BCUT2D eigenvalue weighted by atomic mass is 32.3. The Labute approximate surface area is 127 Å². The first-order valence-corrected chi connectivity index (χ1v) is 9.53. The van der Waals surface area contributed by atoms with Crippen LogP contribution < -0.4 is 0 Å². The van der Waals surface area contributed by atoms with Crippen LogP contribution in [0.2, 0.25) is 0 Å². The van der Waals surface area contributed by atoms with Crippen molar-refractivity contribution in [2.45, 2.75) is 10.4 Å². The van der Waals surface area contributed by atoms with Crippen molar-refractivity contribution in [1.82, 2.24) is 0 Å². The van der Waals surface area contributed by atoms with Crippen LogP contribution in [-0.2, 0) is 13.7 Å². The molecule has 1 aliphatic carbocycles. The monoisotopic (exact) mass is 348 g/mol. The highest BCUT2D eigenvalue weighted by Crippen LogP contribution is 2.79. The van der Waals surface area contributed by atoms with E-state index in [0.29, 0.717) is 17.4 Å². The van der Waals surface area contributed by atoms with Gasteiger partial charge in [-0.2, -0.15) is 21.6 Å². The molecule has 0 saturated carbocycles. The molecular formula is C14H11F3O3S2. The van der Waals surface area contributed by atoms with Gasteiger partial charge in [-0.05, 0) is 23.3 Å². The van der Waals surface area contributed by atoms with Gasteiger partial charge in [-0.3, -0.25) is 0 Å². The molecule has 0 radical (unpaired) electrons. The van der Waals surface area contributed by atoms with E-state index in [1.807, 2.05) is 0 Å². The molecular weight excluding hydrogens is 337 g/mol. The Morgan fingerprint density at radius 3 is 2.32 bits per heavy atom. The molecule has 1 aromatic carbocycles. The summed E-state index contributed by atoms with van der Waals surface area (Å²) in [5, 5.41) is 0. The summed E-state index contributed by atoms with van der Waals surface area (Å²) in [7, 11) is -8.46. The van der Waals surface area contributed by atoms with Crippen molar-refractivity contribution in [2.24, 2.45) is 0 Å². The molecule has 0 spiro atoms. The molecule has 0 N–H and O–H groups in total. The summed E-state index contributed by atoms with van der Waals surface area (Å²) >= 11 is 0. The third kappa shape index (κ3) is 2.22. The molecule has 1 aromatic rings. The lowest BCUT2D eigenvalue weighted by molar-refractivity contribution is -0.0427. The van der Waals surface area contributed by atoms with Gasteiger partial charge in [-0.25, -0.2) is 3.63 Å². The second-order valence-electron chi connectivity index (χ2n) is 4.80. The number of hydrogen-bond donors (Lipinski definition) is 0. The van der Waals surface area contributed by atoms with Gasteiger partial charge in [0.2, 0.25) is 0 Å². The molecule has 118 valence electrons. The van der Waals surface area contributed by atoms with Crippen molar-refractivity contribution in [3.05, 3.63) is 58.5 Å². The van der Waals surface area contributed by atoms with Crippen molar-refractivity contribution < 1.29 is 25.2 Å². The lowest BCUT2D eigenvalue weighted by Crippen LogP contribution is -2.26. The quantitative estimate of drug-likeness (QED) is 0.826. The van der Waals surface area contributed by atoms with Crippen molar-refractivity contribution in [3.8, 4) is 0 Å². The molecule has 0 amide bonds. The van der Waals surface area contributed by atoms with Crippen LogP contribution in [0.1, 0.15) is 5.56 Å². The van der Waals surface area contributed by atoms with E-state index in [1.54, 1.807) is 12.1 Å². The molecule has 1 unspecified atom stereocenters. The summed E-state index contributed by atoms with van der Waals surface area (Å²) in [4.78, 5) is -0.266. The summed E-state index contributed by atoms with van der Waals surface area (Å²) in [6.45, 7) is 0. The van der Waals surface area contributed by atoms with E-state index in [2.05, 4.69) is 0 Å². The molecule has 22 heavy (non-hydrogen) atoms. The lowest BCUT2D eigenvalue weighted by atomic mass is 10.1. The number of halogens is 3.